The summed E-state index contributed by atoms with van der Waals surface area (Å²) in [5.41, 5.74) is 0.789. The molecule has 5 heteroatoms. The minimum atomic E-state index is -0.430. The monoisotopic (exact) mass is 317 g/mol. The Morgan fingerprint density at radius 3 is 2.57 bits per heavy atom. The minimum absolute atomic E-state index is 0.291. The maximum absolute atomic E-state index is 11.9. The lowest BCUT2D eigenvalue weighted by Crippen LogP contribution is -2.21. The lowest BCUT2D eigenvalue weighted by atomic mass is 9.97. The van der Waals surface area contributed by atoms with Crippen molar-refractivity contribution in [2.75, 3.05) is 13.7 Å². The summed E-state index contributed by atoms with van der Waals surface area (Å²) in [6.07, 6.45) is 2.61. The zero-order valence-electron chi connectivity index (χ0n) is 14.3. The van der Waals surface area contributed by atoms with Gasteiger partial charge in [-0.05, 0) is 30.2 Å². The van der Waals surface area contributed by atoms with E-state index in [9.17, 15) is 4.79 Å². The van der Waals surface area contributed by atoms with Crippen LogP contribution in [0.25, 0.3) is 6.08 Å². The van der Waals surface area contributed by atoms with Gasteiger partial charge < -0.3 is 14.2 Å². The molecule has 1 aliphatic rings. The van der Waals surface area contributed by atoms with Crippen LogP contribution >= 0.6 is 0 Å². The first kappa shape index (κ1) is 17.1. The predicted octanol–water partition coefficient (Wildman–Crippen LogP) is 3.83. The molecule has 23 heavy (non-hydrogen) atoms. The molecule has 5 nitrogen and oxygen atoms in total. The van der Waals surface area contributed by atoms with Crippen molar-refractivity contribution in [2.45, 2.75) is 34.1 Å². The fourth-order valence-electron chi connectivity index (χ4n) is 1.99. The molecule has 0 saturated carbocycles. The predicted molar refractivity (Wildman–Crippen MR) is 89.7 cm³/mol. The van der Waals surface area contributed by atoms with Crippen molar-refractivity contribution in [3.63, 3.8) is 0 Å². The third-order valence-electron chi connectivity index (χ3n) is 3.21. The van der Waals surface area contributed by atoms with E-state index < -0.39 is 5.97 Å². The van der Waals surface area contributed by atoms with E-state index in [-0.39, 0.29) is 5.41 Å². The Bertz CT molecular complexity index is 653. The van der Waals surface area contributed by atoms with E-state index in [1.807, 2.05) is 45.9 Å². The van der Waals surface area contributed by atoms with Crippen LogP contribution < -0.4 is 9.47 Å². The van der Waals surface area contributed by atoms with Crippen LogP contribution in [0.4, 0.5) is 0 Å². The summed E-state index contributed by atoms with van der Waals surface area (Å²) in [5.74, 6) is 1.31. The normalized spacial score (nSPS) is 16.3. The highest BCUT2D eigenvalue weighted by Gasteiger charge is 2.31. The summed E-state index contributed by atoms with van der Waals surface area (Å²) in [4.78, 5) is 16.2. The molecule has 0 N–H and O–H groups in total. The SMILES string of the molecule is CCCOc1ccc(/C=C2\N=C(C(C)(C)C)OC2=O)cc1OC. The second-order valence-corrected chi connectivity index (χ2v) is 6.34. The number of nitrogens with zero attached hydrogens (tertiary/aromatic N) is 1. The molecule has 0 radical (unpaired) electrons. The largest absolute Gasteiger partial charge is 0.493 e. The van der Waals surface area contributed by atoms with Crippen LogP contribution in [0.5, 0.6) is 11.5 Å². The van der Waals surface area contributed by atoms with Crippen molar-refractivity contribution in [3.8, 4) is 11.5 Å². The maximum atomic E-state index is 11.9. The molecule has 1 aliphatic heterocycles. The molecular formula is C18H23NO4. The summed E-state index contributed by atoms with van der Waals surface area (Å²) >= 11 is 0. The average Bonchev–Trinajstić information content (AvgIpc) is 2.87. The Labute approximate surface area is 137 Å². The smallest absolute Gasteiger partial charge is 0.363 e. The van der Waals surface area contributed by atoms with Gasteiger partial charge in [0.2, 0.25) is 5.90 Å². The molecule has 0 aromatic heterocycles. The van der Waals surface area contributed by atoms with Crippen LogP contribution in [-0.4, -0.2) is 25.6 Å². The van der Waals surface area contributed by atoms with Crippen molar-refractivity contribution in [3.05, 3.63) is 29.5 Å². The summed E-state index contributed by atoms with van der Waals surface area (Å²) in [6, 6.07) is 5.50. The molecule has 1 aromatic carbocycles. The van der Waals surface area contributed by atoms with Gasteiger partial charge in [-0.3, -0.25) is 0 Å². The van der Waals surface area contributed by atoms with Gasteiger partial charge >= 0.3 is 5.97 Å². The third-order valence-corrected chi connectivity index (χ3v) is 3.21. The van der Waals surface area contributed by atoms with Crippen LogP contribution in [0.2, 0.25) is 0 Å². The first-order valence-corrected chi connectivity index (χ1v) is 7.69. The van der Waals surface area contributed by atoms with Crippen molar-refractivity contribution >= 4 is 17.9 Å². The summed E-state index contributed by atoms with van der Waals surface area (Å²) in [6.45, 7) is 8.52. The first-order valence-electron chi connectivity index (χ1n) is 7.69. The quantitative estimate of drug-likeness (QED) is 0.612. The number of esters is 1. The van der Waals surface area contributed by atoms with Gasteiger partial charge in [0.05, 0.1) is 13.7 Å². The summed E-state index contributed by atoms with van der Waals surface area (Å²) < 4.78 is 16.2. The molecular weight excluding hydrogens is 294 g/mol. The average molecular weight is 317 g/mol. The Kier molecular flexibility index (Phi) is 5.08. The van der Waals surface area contributed by atoms with E-state index in [1.54, 1.807) is 13.2 Å². The zero-order valence-corrected chi connectivity index (χ0v) is 14.3. The van der Waals surface area contributed by atoms with Crippen LogP contribution in [0, 0.1) is 5.41 Å². The van der Waals surface area contributed by atoms with Crippen LogP contribution in [0.1, 0.15) is 39.7 Å². The lowest BCUT2D eigenvalue weighted by Gasteiger charge is -2.15. The van der Waals surface area contributed by atoms with E-state index in [4.69, 9.17) is 14.2 Å². The van der Waals surface area contributed by atoms with Gasteiger partial charge in [-0.1, -0.05) is 33.8 Å². The molecule has 0 unspecified atom stereocenters. The van der Waals surface area contributed by atoms with Crippen molar-refractivity contribution in [2.24, 2.45) is 10.4 Å². The standard InChI is InChI=1S/C18H23NO4/c1-6-9-22-14-8-7-12(11-15(14)21-5)10-13-16(20)23-17(19-13)18(2,3)4/h7-8,10-11H,6,9H2,1-5H3/b13-10-. The molecule has 124 valence electrons. The number of methoxy groups -OCH3 is 1. The molecule has 0 bridgehead atoms. The minimum Gasteiger partial charge on any atom is -0.493 e. The summed E-state index contributed by atoms with van der Waals surface area (Å²) in [7, 11) is 1.59. The molecule has 0 amide bonds. The van der Waals surface area contributed by atoms with E-state index in [0.29, 0.717) is 29.7 Å². The molecule has 0 saturated heterocycles. The molecule has 1 heterocycles. The number of aliphatic imine (C=N–C) groups is 1. The first-order chi connectivity index (χ1) is 10.8. The number of hydrogen-bond donors (Lipinski definition) is 0. The lowest BCUT2D eigenvalue weighted by molar-refractivity contribution is -0.130. The number of rotatable bonds is 5. The van der Waals surface area contributed by atoms with Crippen LogP contribution in [0.3, 0.4) is 0 Å². The number of ether oxygens (including phenoxy) is 3. The van der Waals surface area contributed by atoms with Gasteiger partial charge in [-0.25, -0.2) is 9.79 Å². The molecule has 0 spiro atoms. The van der Waals surface area contributed by atoms with Crippen LogP contribution in [-0.2, 0) is 9.53 Å². The van der Waals surface area contributed by atoms with Gasteiger partial charge in [-0.2, -0.15) is 0 Å². The van der Waals surface area contributed by atoms with Gasteiger partial charge in [-0.15, -0.1) is 0 Å². The van der Waals surface area contributed by atoms with Crippen molar-refractivity contribution in [1.82, 2.24) is 0 Å². The highest BCUT2D eigenvalue weighted by Crippen LogP contribution is 2.30. The maximum Gasteiger partial charge on any atom is 0.363 e. The van der Waals surface area contributed by atoms with E-state index in [0.717, 1.165) is 12.0 Å². The fourth-order valence-corrected chi connectivity index (χ4v) is 1.99. The number of hydrogen-bond acceptors (Lipinski definition) is 5. The van der Waals surface area contributed by atoms with E-state index in [2.05, 4.69) is 4.99 Å². The van der Waals surface area contributed by atoms with Crippen molar-refractivity contribution in [1.29, 1.82) is 0 Å². The second kappa shape index (κ2) is 6.86. The Morgan fingerprint density at radius 1 is 1.26 bits per heavy atom. The number of carbonyl (C=O) groups excluding carboxylic acids is 1. The number of cyclic esters (lactones) is 1. The molecule has 0 aliphatic carbocycles. The summed E-state index contributed by atoms with van der Waals surface area (Å²) in [5, 5.41) is 0. The van der Waals surface area contributed by atoms with Crippen LogP contribution in [0.15, 0.2) is 28.9 Å². The molecule has 2 rings (SSSR count). The molecule has 0 atom stereocenters. The van der Waals surface area contributed by atoms with Gasteiger partial charge in [0.1, 0.15) is 0 Å². The Balaban J connectivity index is 2.29. The zero-order chi connectivity index (χ0) is 17.0. The molecule has 0 fully saturated rings. The topological polar surface area (TPSA) is 57.1 Å². The third kappa shape index (κ3) is 4.12. The van der Waals surface area contributed by atoms with E-state index in [1.165, 1.54) is 0 Å². The van der Waals surface area contributed by atoms with Gasteiger partial charge in [0, 0.05) is 5.41 Å². The fraction of sp³-hybridized carbons (Fsp3) is 0.444. The Morgan fingerprint density at radius 2 is 2.00 bits per heavy atom. The molecule has 1 aromatic rings. The van der Waals surface area contributed by atoms with Crippen molar-refractivity contribution < 1.29 is 19.0 Å². The van der Waals surface area contributed by atoms with E-state index >= 15 is 0 Å². The number of benzene rings is 1. The van der Waals surface area contributed by atoms with Gasteiger partial charge in [0.25, 0.3) is 0 Å². The number of carbonyl (C=O) groups is 1. The highest BCUT2D eigenvalue weighted by molar-refractivity contribution is 6.08. The Hall–Kier alpha value is -2.30. The second-order valence-electron chi connectivity index (χ2n) is 6.34. The highest BCUT2D eigenvalue weighted by atomic mass is 16.6. The van der Waals surface area contributed by atoms with Gasteiger partial charge in [0.15, 0.2) is 17.2 Å².